The largest absolute Gasteiger partial charge is 0.493 e. The van der Waals surface area contributed by atoms with Crippen LogP contribution in [0.4, 0.5) is 5.13 Å². The molecule has 0 aliphatic heterocycles. The van der Waals surface area contributed by atoms with E-state index in [1.165, 1.54) is 11.5 Å². The molecular weight excluding hydrogens is 314 g/mol. The van der Waals surface area contributed by atoms with E-state index in [0.717, 1.165) is 10.7 Å². The number of rotatable bonds is 7. The number of ether oxygens (including phenoxy) is 3. The van der Waals surface area contributed by atoms with Crippen LogP contribution >= 0.6 is 23.1 Å². The van der Waals surface area contributed by atoms with Crippen LogP contribution < -0.4 is 14.8 Å². The molecule has 21 heavy (non-hydrogen) atoms. The minimum absolute atomic E-state index is 0.454. The van der Waals surface area contributed by atoms with E-state index < -0.39 is 0 Å². The molecule has 1 aromatic carbocycles. The van der Waals surface area contributed by atoms with E-state index >= 15 is 0 Å². The standard InChI is InChI=1S/C13H16ClN3O3S/c1-18-5-4-15-13-16-12(17-21-13)8-6-9(14)11(20-3)10(7-8)19-2/h6-7H,4-5H2,1-3H3,(H,15,16,17). The highest BCUT2D eigenvalue weighted by Gasteiger charge is 2.14. The maximum Gasteiger partial charge on any atom is 0.202 e. The fraction of sp³-hybridized carbons (Fsp3) is 0.385. The van der Waals surface area contributed by atoms with Gasteiger partial charge in [0.25, 0.3) is 0 Å². The zero-order valence-corrected chi connectivity index (χ0v) is 13.5. The number of hydrogen-bond donors (Lipinski definition) is 1. The Kier molecular flexibility index (Phi) is 5.60. The van der Waals surface area contributed by atoms with Crippen LogP contribution in [-0.4, -0.2) is 43.8 Å². The van der Waals surface area contributed by atoms with Crippen molar-refractivity contribution in [3.8, 4) is 22.9 Å². The van der Waals surface area contributed by atoms with Crippen LogP contribution in [0.1, 0.15) is 0 Å². The molecule has 1 aromatic heterocycles. The van der Waals surface area contributed by atoms with E-state index in [1.54, 1.807) is 33.5 Å². The van der Waals surface area contributed by atoms with Crippen molar-refractivity contribution in [3.63, 3.8) is 0 Å². The third-order valence-electron chi connectivity index (χ3n) is 2.70. The molecule has 0 radical (unpaired) electrons. The van der Waals surface area contributed by atoms with Crippen molar-refractivity contribution in [2.24, 2.45) is 0 Å². The molecule has 6 nitrogen and oxygen atoms in total. The zero-order chi connectivity index (χ0) is 15.2. The van der Waals surface area contributed by atoms with Gasteiger partial charge in [-0.15, -0.1) is 0 Å². The number of benzene rings is 1. The number of aromatic nitrogens is 2. The predicted octanol–water partition coefficient (Wildman–Crippen LogP) is 2.93. The number of anilines is 1. The van der Waals surface area contributed by atoms with Crippen LogP contribution in [0.25, 0.3) is 11.4 Å². The molecule has 2 rings (SSSR count). The minimum Gasteiger partial charge on any atom is -0.493 e. The molecule has 0 unspecified atom stereocenters. The van der Waals surface area contributed by atoms with Crippen LogP contribution in [-0.2, 0) is 4.74 Å². The predicted molar refractivity (Wildman–Crippen MR) is 83.8 cm³/mol. The molecule has 0 aliphatic rings. The summed E-state index contributed by atoms with van der Waals surface area (Å²) in [6, 6.07) is 3.55. The van der Waals surface area contributed by atoms with Gasteiger partial charge in [-0.05, 0) is 12.1 Å². The maximum absolute atomic E-state index is 6.18. The van der Waals surface area contributed by atoms with Crippen molar-refractivity contribution < 1.29 is 14.2 Å². The second-order valence-corrected chi connectivity index (χ2v) is 5.20. The highest BCUT2D eigenvalue weighted by atomic mass is 35.5. The Bertz CT molecular complexity index is 606. The van der Waals surface area contributed by atoms with Crippen molar-refractivity contribution in [2.45, 2.75) is 0 Å². The Morgan fingerprint density at radius 1 is 1.24 bits per heavy atom. The van der Waals surface area contributed by atoms with E-state index in [2.05, 4.69) is 14.7 Å². The van der Waals surface area contributed by atoms with Gasteiger partial charge in [0.2, 0.25) is 5.13 Å². The quantitative estimate of drug-likeness (QED) is 0.788. The van der Waals surface area contributed by atoms with Crippen molar-refractivity contribution in [3.05, 3.63) is 17.2 Å². The lowest BCUT2D eigenvalue weighted by Crippen LogP contribution is -2.07. The minimum atomic E-state index is 0.454. The van der Waals surface area contributed by atoms with E-state index in [-0.39, 0.29) is 0 Å². The number of hydrogen-bond acceptors (Lipinski definition) is 7. The molecule has 0 spiro atoms. The molecule has 8 heteroatoms. The number of nitrogens with one attached hydrogen (secondary N) is 1. The highest BCUT2D eigenvalue weighted by molar-refractivity contribution is 7.09. The fourth-order valence-corrected chi connectivity index (χ4v) is 2.62. The normalized spacial score (nSPS) is 10.5. The summed E-state index contributed by atoms with van der Waals surface area (Å²) in [7, 11) is 4.76. The van der Waals surface area contributed by atoms with Crippen LogP contribution in [0.3, 0.4) is 0 Å². The van der Waals surface area contributed by atoms with Gasteiger partial charge >= 0.3 is 0 Å². The van der Waals surface area contributed by atoms with E-state index in [1.807, 2.05) is 0 Å². The molecule has 0 saturated carbocycles. The van der Waals surface area contributed by atoms with Crippen molar-refractivity contribution in [2.75, 3.05) is 39.8 Å². The highest BCUT2D eigenvalue weighted by Crippen LogP contribution is 2.38. The second kappa shape index (κ2) is 7.44. The molecule has 0 amide bonds. The second-order valence-electron chi connectivity index (χ2n) is 4.04. The molecule has 0 saturated heterocycles. The summed E-state index contributed by atoms with van der Waals surface area (Å²) in [6.07, 6.45) is 0. The van der Waals surface area contributed by atoms with Crippen LogP contribution in [0, 0.1) is 0 Å². The Morgan fingerprint density at radius 3 is 2.71 bits per heavy atom. The first-order valence-electron chi connectivity index (χ1n) is 6.18. The Hall–Kier alpha value is -1.57. The van der Waals surface area contributed by atoms with Crippen LogP contribution in [0.5, 0.6) is 11.5 Å². The Morgan fingerprint density at radius 2 is 2.05 bits per heavy atom. The monoisotopic (exact) mass is 329 g/mol. The van der Waals surface area contributed by atoms with Gasteiger partial charge in [0.15, 0.2) is 17.3 Å². The maximum atomic E-state index is 6.18. The molecular formula is C13H16ClN3O3S. The van der Waals surface area contributed by atoms with E-state index in [4.69, 9.17) is 25.8 Å². The molecule has 0 bridgehead atoms. The van der Waals surface area contributed by atoms with Gasteiger partial charge in [0.05, 0.1) is 25.8 Å². The molecule has 2 aromatic rings. The lowest BCUT2D eigenvalue weighted by atomic mass is 10.2. The summed E-state index contributed by atoms with van der Waals surface area (Å²) in [5.41, 5.74) is 0.772. The van der Waals surface area contributed by atoms with Crippen molar-refractivity contribution in [1.82, 2.24) is 9.36 Å². The number of halogens is 1. The van der Waals surface area contributed by atoms with Crippen molar-refractivity contribution >= 4 is 28.3 Å². The Labute approximate surface area is 132 Å². The van der Waals surface area contributed by atoms with Gasteiger partial charge in [-0.1, -0.05) is 11.6 Å². The molecule has 1 heterocycles. The van der Waals surface area contributed by atoms with E-state index in [9.17, 15) is 0 Å². The smallest absolute Gasteiger partial charge is 0.202 e. The molecule has 1 N–H and O–H groups in total. The number of nitrogens with zero attached hydrogens (tertiary/aromatic N) is 2. The fourth-order valence-electron chi connectivity index (χ4n) is 1.72. The van der Waals surface area contributed by atoms with Gasteiger partial charge < -0.3 is 19.5 Å². The topological polar surface area (TPSA) is 65.5 Å². The molecule has 0 aliphatic carbocycles. The van der Waals surface area contributed by atoms with Gasteiger partial charge in [0.1, 0.15) is 0 Å². The lowest BCUT2D eigenvalue weighted by Gasteiger charge is -2.10. The summed E-state index contributed by atoms with van der Waals surface area (Å²) in [4.78, 5) is 4.41. The van der Waals surface area contributed by atoms with Gasteiger partial charge in [-0.3, -0.25) is 0 Å². The van der Waals surface area contributed by atoms with Gasteiger partial charge in [-0.2, -0.15) is 9.36 Å². The molecule has 0 fully saturated rings. The van der Waals surface area contributed by atoms with Crippen molar-refractivity contribution in [1.29, 1.82) is 0 Å². The van der Waals surface area contributed by atoms with E-state index in [0.29, 0.717) is 35.5 Å². The van der Waals surface area contributed by atoms with Gasteiger partial charge in [-0.25, -0.2) is 0 Å². The summed E-state index contributed by atoms with van der Waals surface area (Å²) in [5.74, 6) is 1.63. The summed E-state index contributed by atoms with van der Waals surface area (Å²) < 4.78 is 19.8. The first-order valence-corrected chi connectivity index (χ1v) is 7.33. The third-order valence-corrected chi connectivity index (χ3v) is 3.65. The summed E-state index contributed by atoms with van der Waals surface area (Å²) >= 11 is 7.46. The molecule has 114 valence electrons. The average molecular weight is 330 g/mol. The first kappa shape index (κ1) is 15.8. The van der Waals surface area contributed by atoms with Crippen LogP contribution in [0.15, 0.2) is 12.1 Å². The SMILES string of the molecule is COCCNc1nc(-c2cc(Cl)c(OC)c(OC)c2)ns1. The average Bonchev–Trinajstić information content (AvgIpc) is 2.95. The zero-order valence-electron chi connectivity index (χ0n) is 12.0. The summed E-state index contributed by atoms with van der Waals surface area (Å²) in [6.45, 7) is 1.29. The first-order chi connectivity index (χ1) is 10.2. The van der Waals surface area contributed by atoms with Crippen LogP contribution in [0.2, 0.25) is 5.02 Å². The molecule has 0 atom stereocenters. The number of methoxy groups -OCH3 is 3. The lowest BCUT2D eigenvalue weighted by molar-refractivity contribution is 0.211. The van der Waals surface area contributed by atoms with Gasteiger partial charge in [0, 0.05) is 30.8 Å². The third kappa shape index (κ3) is 3.75. The Balaban J connectivity index is 2.24. The summed E-state index contributed by atoms with van der Waals surface area (Å²) in [5, 5.41) is 4.32.